The highest BCUT2D eigenvalue weighted by Crippen LogP contribution is 2.41. The molecule has 3 nitrogen and oxygen atoms in total. The summed E-state index contributed by atoms with van der Waals surface area (Å²) in [7, 11) is 0. The normalized spacial score (nSPS) is 24.0. The zero-order valence-corrected chi connectivity index (χ0v) is 14.3. The molecular weight excluding hydrogens is 300 g/mol. The zero-order chi connectivity index (χ0) is 14.7. The van der Waals surface area contributed by atoms with E-state index in [-0.39, 0.29) is 5.37 Å². The van der Waals surface area contributed by atoms with Crippen molar-refractivity contribution in [3.63, 3.8) is 0 Å². The van der Waals surface area contributed by atoms with E-state index in [4.69, 9.17) is 0 Å². The average Bonchev–Trinajstić information content (AvgIpc) is 3.07. The molecule has 0 bridgehead atoms. The summed E-state index contributed by atoms with van der Waals surface area (Å²) in [5.74, 6) is 0.959. The van der Waals surface area contributed by atoms with Crippen molar-refractivity contribution in [2.24, 2.45) is 0 Å². The second-order valence-corrected chi connectivity index (χ2v) is 8.34. The van der Waals surface area contributed by atoms with Crippen molar-refractivity contribution in [3.8, 4) is 0 Å². The lowest BCUT2D eigenvalue weighted by atomic mass is 10.1. The Labute approximate surface area is 135 Å². The number of nitrogens with zero attached hydrogens (tertiary/aromatic N) is 2. The third kappa shape index (κ3) is 3.82. The quantitative estimate of drug-likeness (QED) is 0.828. The van der Waals surface area contributed by atoms with Crippen LogP contribution in [0.5, 0.6) is 0 Å². The predicted octanol–water partition coefficient (Wildman–Crippen LogP) is 3.51. The Kier molecular flexibility index (Phi) is 5.24. The summed E-state index contributed by atoms with van der Waals surface area (Å²) in [6.07, 6.45) is 5.18. The maximum atomic E-state index is 12.1. The highest BCUT2D eigenvalue weighted by Gasteiger charge is 2.33. The molecule has 0 spiro atoms. The Morgan fingerprint density at radius 3 is 2.71 bits per heavy atom. The van der Waals surface area contributed by atoms with Crippen LogP contribution in [0.15, 0.2) is 12.1 Å². The maximum absolute atomic E-state index is 12.1. The fourth-order valence-corrected chi connectivity index (χ4v) is 5.50. The summed E-state index contributed by atoms with van der Waals surface area (Å²) in [6.45, 7) is 6.68. The predicted molar refractivity (Wildman–Crippen MR) is 90.9 cm³/mol. The Morgan fingerprint density at radius 1 is 1.19 bits per heavy atom. The van der Waals surface area contributed by atoms with Gasteiger partial charge in [-0.15, -0.1) is 23.1 Å². The molecule has 1 amide bonds. The van der Waals surface area contributed by atoms with E-state index in [1.165, 1.54) is 42.1 Å². The number of thiophene rings is 1. The molecule has 2 fully saturated rings. The number of carbonyl (C=O) groups is 1. The summed E-state index contributed by atoms with van der Waals surface area (Å²) < 4.78 is 0. The molecule has 0 aromatic carbocycles. The van der Waals surface area contributed by atoms with Crippen molar-refractivity contribution in [2.75, 3.05) is 31.9 Å². The first-order chi connectivity index (χ1) is 10.2. The standard InChI is InChI=1S/C16H24N2OS2/c1-13-6-7-14(21-13)16-18(15(19)12-20-16)11-5-10-17-8-3-2-4-9-17/h6-7,16H,2-5,8-12H2,1H3. The summed E-state index contributed by atoms with van der Waals surface area (Å²) in [4.78, 5) is 19.5. The molecule has 0 aliphatic carbocycles. The van der Waals surface area contributed by atoms with Gasteiger partial charge in [0.05, 0.1) is 5.75 Å². The van der Waals surface area contributed by atoms with Gasteiger partial charge in [-0.2, -0.15) is 0 Å². The SMILES string of the molecule is Cc1ccc(C2SCC(=O)N2CCCN2CCCCC2)s1. The fraction of sp³-hybridized carbons (Fsp3) is 0.688. The highest BCUT2D eigenvalue weighted by molar-refractivity contribution is 8.00. The van der Waals surface area contributed by atoms with Gasteiger partial charge in [0.25, 0.3) is 0 Å². The third-order valence-corrected chi connectivity index (χ3v) is 6.73. The van der Waals surface area contributed by atoms with Crippen molar-refractivity contribution in [2.45, 2.75) is 38.0 Å². The van der Waals surface area contributed by atoms with Crippen molar-refractivity contribution < 1.29 is 4.79 Å². The first-order valence-corrected chi connectivity index (χ1v) is 9.80. The average molecular weight is 325 g/mol. The second-order valence-electron chi connectivity index (χ2n) is 5.95. The van der Waals surface area contributed by atoms with E-state index in [0.717, 1.165) is 19.5 Å². The molecule has 1 atom stereocenters. The monoisotopic (exact) mass is 324 g/mol. The third-order valence-electron chi connectivity index (χ3n) is 4.29. The van der Waals surface area contributed by atoms with Gasteiger partial charge in [0.1, 0.15) is 5.37 Å². The number of piperidine rings is 1. The Morgan fingerprint density at radius 2 is 2.00 bits per heavy atom. The second kappa shape index (κ2) is 7.16. The van der Waals surface area contributed by atoms with Crippen molar-refractivity contribution >= 4 is 29.0 Å². The number of carbonyl (C=O) groups excluding carboxylic acids is 1. The minimum atomic E-state index is 0.262. The topological polar surface area (TPSA) is 23.6 Å². The first-order valence-electron chi connectivity index (χ1n) is 7.94. The molecule has 1 unspecified atom stereocenters. The molecule has 3 rings (SSSR count). The maximum Gasteiger partial charge on any atom is 0.233 e. The van der Waals surface area contributed by atoms with Crippen LogP contribution in [0.1, 0.15) is 40.8 Å². The molecule has 21 heavy (non-hydrogen) atoms. The summed E-state index contributed by atoms with van der Waals surface area (Å²) in [5.41, 5.74) is 0. The molecule has 2 saturated heterocycles. The van der Waals surface area contributed by atoms with Gasteiger partial charge in [0.2, 0.25) is 5.91 Å². The number of amides is 1. The number of hydrogen-bond donors (Lipinski definition) is 0. The van der Waals surface area contributed by atoms with Gasteiger partial charge in [0, 0.05) is 16.3 Å². The molecule has 3 heterocycles. The van der Waals surface area contributed by atoms with Crippen LogP contribution in [0.2, 0.25) is 0 Å². The molecule has 1 aromatic heterocycles. The van der Waals surface area contributed by atoms with Crippen LogP contribution >= 0.6 is 23.1 Å². The van der Waals surface area contributed by atoms with Gasteiger partial charge >= 0.3 is 0 Å². The lowest BCUT2D eigenvalue weighted by Gasteiger charge is -2.28. The zero-order valence-electron chi connectivity index (χ0n) is 12.7. The smallest absolute Gasteiger partial charge is 0.233 e. The van der Waals surface area contributed by atoms with Gasteiger partial charge in [-0.3, -0.25) is 4.79 Å². The van der Waals surface area contributed by atoms with Gasteiger partial charge in [0.15, 0.2) is 0 Å². The van der Waals surface area contributed by atoms with E-state index in [0.29, 0.717) is 11.7 Å². The number of aryl methyl sites for hydroxylation is 1. The number of thioether (sulfide) groups is 1. The Hall–Kier alpha value is -0.520. The summed E-state index contributed by atoms with van der Waals surface area (Å²) in [6, 6.07) is 4.35. The van der Waals surface area contributed by atoms with Crippen LogP contribution in [0, 0.1) is 6.92 Å². The largest absolute Gasteiger partial charge is 0.325 e. The van der Waals surface area contributed by atoms with Crippen LogP contribution in [0.4, 0.5) is 0 Å². The molecule has 1 aromatic rings. The van der Waals surface area contributed by atoms with Crippen LogP contribution in [-0.4, -0.2) is 47.6 Å². The molecular formula is C16H24N2OS2. The van der Waals surface area contributed by atoms with E-state index in [9.17, 15) is 4.79 Å². The van der Waals surface area contributed by atoms with E-state index in [1.54, 1.807) is 11.8 Å². The first kappa shape index (κ1) is 15.4. The lowest BCUT2D eigenvalue weighted by molar-refractivity contribution is -0.128. The van der Waals surface area contributed by atoms with Crippen molar-refractivity contribution in [1.82, 2.24) is 9.80 Å². The number of hydrogen-bond acceptors (Lipinski definition) is 4. The highest BCUT2D eigenvalue weighted by atomic mass is 32.2. The molecule has 0 radical (unpaired) electrons. The lowest BCUT2D eigenvalue weighted by Crippen LogP contribution is -2.34. The molecule has 0 saturated carbocycles. The minimum absolute atomic E-state index is 0.262. The Bertz CT molecular complexity index is 482. The molecule has 0 N–H and O–H groups in total. The van der Waals surface area contributed by atoms with Gasteiger partial charge in [-0.05, 0) is 58.0 Å². The molecule has 2 aliphatic heterocycles. The number of likely N-dealkylation sites (tertiary alicyclic amines) is 1. The van der Waals surface area contributed by atoms with E-state index < -0.39 is 0 Å². The van der Waals surface area contributed by atoms with E-state index in [1.807, 2.05) is 11.3 Å². The molecule has 5 heteroatoms. The number of rotatable bonds is 5. The van der Waals surface area contributed by atoms with Gasteiger partial charge in [-0.25, -0.2) is 0 Å². The summed E-state index contributed by atoms with van der Waals surface area (Å²) in [5, 5.41) is 0.262. The van der Waals surface area contributed by atoms with Gasteiger partial charge < -0.3 is 9.80 Å². The summed E-state index contributed by atoms with van der Waals surface area (Å²) >= 11 is 3.61. The van der Waals surface area contributed by atoms with Gasteiger partial charge in [-0.1, -0.05) is 6.42 Å². The molecule has 116 valence electrons. The van der Waals surface area contributed by atoms with Crippen LogP contribution < -0.4 is 0 Å². The van der Waals surface area contributed by atoms with Crippen LogP contribution in [0.3, 0.4) is 0 Å². The minimum Gasteiger partial charge on any atom is -0.325 e. The van der Waals surface area contributed by atoms with Crippen molar-refractivity contribution in [3.05, 3.63) is 21.9 Å². The van der Waals surface area contributed by atoms with Crippen LogP contribution in [-0.2, 0) is 4.79 Å². The van der Waals surface area contributed by atoms with Crippen LogP contribution in [0.25, 0.3) is 0 Å². The van der Waals surface area contributed by atoms with E-state index in [2.05, 4.69) is 28.9 Å². The van der Waals surface area contributed by atoms with E-state index >= 15 is 0 Å². The fourth-order valence-electron chi connectivity index (χ4n) is 3.17. The van der Waals surface area contributed by atoms with Crippen molar-refractivity contribution in [1.29, 1.82) is 0 Å². The molecule has 2 aliphatic rings. The Balaban J connectivity index is 1.53.